The summed E-state index contributed by atoms with van der Waals surface area (Å²) >= 11 is 3.41. The highest BCUT2D eigenvalue weighted by Gasteiger charge is 2.20. The zero-order valence-electron chi connectivity index (χ0n) is 10.3. The van der Waals surface area contributed by atoms with Crippen LogP contribution in [0.3, 0.4) is 0 Å². The average molecular weight is 299 g/mol. The van der Waals surface area contributed by atoms with Crippen LogP contribution < -0.4 is 11.1 Å². The maximum Gasteiger partial charge on any atom is 0.221 e. The Balaban J connectivity index is 2.61. The summed E-state index contributed by atoms with van der Waals surface area (Å²) in [5, 5.41) is 2.91. The van der Waals surface area contributed by atoms with E-state index in [0.717, 1.165) is 4.47 Å². The summed E-state index contributed by atoms with van der Waals surface area (Å²) in [6.45, 7) is 5.23. The number of hydrogen-bond acceptors (Lipinski definition) is 2. The smallest absolute Gasteiger partial charge is 0.221 e. The van der Waals surface area contributed by atoms with E-state index in [1.54, 1.807) is 0 Å². The molecule has 3 nitrogen and oxygen atoms in total. The van der Waals surface area contributed by atoms with E-state index in [1.807, 2.05) is 12.1 Å². The van der Waals surface area contributed by atoms with E-state index in [2.05, 4.69) is 47.2 Å². The molecule has 0 aromatic heterocycles. The van der Waals surface area contributed by atoms with Crippen LogP contribution in [0.4, 0.5) is 0 Å². The van der Waals surface area contributed by atoms with Gasteiger partial charge >= 0.3 is 0 Å². The van der Waals surface area contributed by atoms with Crippen molar-refractivity contribution in [2.45, 2.75) is 25.7 Å². The van der Waals surface area contributed by atoms with Crippen molar-refractivity contribution in [1.29, 1.82) is 0 Å². The monoisotopic (exact) mass is 298 g/mol. The third kappa shape index (κ3) is 4.48. The van der Waals surface area contributed by atoms with Gasteiger partial charge < -0.3 is 11.1 Å². The second-order valence-corrected chi connectivity index (χ2v) is 5.62. The molecule has 17 heavy (non-hydrogen) atoms. The second kappa shape index (κ2) is 6.17. The number of carbonyl (C=O) groups excluding carboxylic acids is 1. The van der Waals surface area contributed by atoms with Crippen LogP contribution in [0.15, 0.2) is 28.7 Å². The summed E-state index contributed by atoms with van der Waals surface area (Å²) in [5.41, 5.74) is 6.45. The fourth-order valence-corrected chi connectivity index (χ4v) is 1.81. The standard InChI is InChI=1S/C13H19BrN2O/c1-13(2,9-16-12(17)7-8-15)10-3-5-11(14)6-4-10/h3-6H,7-9,15H2,1-2H3,(H,16,17). The fraction of sp³-hybridized carbons (Fsp3) is 0.462. The Hall–Kier alpha value is -0.870. The van der Waals surface area contributed by atoms with Gasteiger partial charge in [0.2, 0.25) is 5.91 Å². The molecule has 4 heteroatoms. The lowest BCUT2D eigenvalue weighted by molar-refractivity contribution is -0.121. The average Bonchev–Trinajstić information content (AvgIpc) is 2.28. The van der Waals surface area contributed by atoms with Crippen molar-refractivity contribution in [3.05, 3.63) is 34.3 Å². The first-order chi connectivity index (χ1) is 7.95. The van der Waals surface area contributed by atoms with Crippen LogP contribution >= 0.6 is 15.9 Å². The third-order valence-corrected chi connectivity index (χ3v) is 3.25. The van der Waals surface area contributed by atoms with E-state index in [1.165, 1.54) is 5.56 Å². The molecule has 3 N–H and O–H groups in total. The Labute approximate surface area is 111 Å². The summed E-state index contributed by atoms with van der Waals surface area (Å²) < 4.78 is 1.06. The first-order valence-electron chi connectivity index (χ1n) is 5.68. The molecular formula is C13H19BrN2O. The Morgan fingerprint density at radius 1 is 1.35 bits per heavy atom. The molecule has 1 aromatic rings. The van der Waals surface area contributed by atoms with Crippen LogP contribution in [0.1, 0.15) is 25.8 Å². The zero-order chi connectivity index (χ0) is 12.9. The molecule has 0 spiro atoms. The summed E-state index contributed by atoms with van der Waals surface area (Å²) in [4.78, 5) is 11.4. The maximum atomic E-state index is 11.4. The van der Waals surface area contributed by atoms with Crippen molar-refractivity contribution in [3.63, 3.8) is 0 Å². The third-order valence-electron chi connectivity index (χ3n) is 2.72. The SMILES string of the molecule is CC(C)(CNC(=O)CCN)c1ccc(Br)cc1. The lowest BCUT2D eigenvalue weighted by Crippen LogP contribution is -2.37. The number of hydrogen-bond donors (Lipinski definition) is 2. The van der Waals surface area contributed by atoms with Gasteiger partial charge in [0.15, 0.2) is 0 Å². The van der Waals surface area contributed by atoms with E-state index < -0.39 is 0 Å². The van der Waals surface area contributed by atoms with E-state index in [4.69, 9.17) is 5.73 Å². The number of nitrogens with two attached hydrogens (primary N) is 1. The van der Waals surface area contributed by atoms with Crippen molar-refractivity contribution in [1.82, 2.24) is 5.32 Å². The van der Waals surface area contributed by atoms with Gasteiger partial charge in [0.1, 0.15) is 0 Å². The van der Waals surface area contributed by atoms with Gasteiger partial charge in [-0.05, 0) is 17.7 Å². The molecule has 1 amide bonds. The van der Waals surface area contributed by atoms with Crippen LogP contribution in [-0.2, 0) is 10.2 Å². The molecule has 0 heterocycles. The van der Waals surface area contributed by atoms with E-state index >= 15 is 0 Å². The molecule has 1 aromatic carbocycles. The molecule has 0 atom stereocenters. The van der Waals surface area contributed by atoms with Gasteiger partial charge in [0.05, 0.1) is 0 Å². The number of halogens is 1. The van der Waals surface area contributed by atoms with Gasteiger partial charge in [0.25, 0.3) is 0 Å². The van der Waals surface area contributed by atoms with Crippen LogP contribution in [0, 0.1) is 0 Å². The normalized spacial score (nSPS) is 11.3. The van der Waals surface area contributed by atoms with Crippen LogP contribution in [-0.4, -0.2) is 19.0 Å². The van der Waals surface area contributed by atoms with Crippen LogP contribution in [0.5, 0.6) is 0 Å². The van der Waals surface area contributed by atoms with Crippen molar-refractivity contribution in [2.75, 3.05) is 13.1 Å². The van der Waals surface area contributed by atoms with E-state index in [9.17, 15) is 4.79 Å². The Morgan fingerprint density at radius 2 is 1.94 bits per heavy atom. The molecule has 0 radical (unpaired) electrons. The molecular weight excluding hydrogens is 280 g/mol. The van der Waals surface area contributed by atoms with Crippen molar-refractivity contribution in [2.24, 2.45) is 5.73 Å². The summed E-state index contributed by atoms with van der Waals surface area (Å²) in [6.07, 6.45) is 0.385. The maximum absolute atomic E-state index is 11.4. The van der Waals surface area contributed by atoms with Crippen molar-refractivity contribution in [3.8, 4) is 0 Å². The molecule has 0 saturated heterocycles. The molecule has 0 unspecified atom stereocenters. The lowest BCUT2D eigenvalue weighted by Gasteiger charge is -2.25. The molecule has 0 aliphatic carbocycles. The summed E-state index contributed by atoms with van der Waals surface area (Å²) in [5.74, 6) is 0.0117. The van der Waals surface area contributed by atoms with Gasteiger partial charge in [-0.15, -0.1) is 0 Å². The quantitative estimate of drug-likeness (QED) is 0.875. The highest BCUT2D eigenvalue weighted by atomic mass is 79.9. The summed E-state index contributed by atoms with van der Waals surface area (Å²) in [7, 11) is 0. The first-order valence-corrected chi connectivity index (χ1v) is 6.48. The minimum absolute atomic E-state index is 0.0117. The number of amides is 1. The number of nitrogens with one attached hydrogen (secondary N) is 1. The number of benzene rings is 1. The second-order valence-electron chi connectivity index (χ2n) is 4.71. The summed E-state index contributed by atoms with van der Waals surface area (Å²) in [6, 6.07) is 8.16. The minimum atomic E-state index is -0.0784. The molecule has 0 aliphatic rings. The molecule has 0 bridgehead atoms. The number of carbonyl (C=O) groups is 1. The van der Waals surface area contributed by atoms with Gasteiger partial charge in [0, 0.05) is 29.4 Å². The minimum Gasteiger partial charge on any atom is -0.355 e. The molecule has 94 valence electrons. The van der Waals surface area contributed by atoms with Crippen LogP contribution in [0.25, 0.3) is 0 Å². The molecule has 0 saturated carbocycles. The van der Waals surface area contributed by atoms with Gasteiger partial charge in [-0.3, -0.25) is 4.79 Å². The topological polar surface area (TPSA) is 55.1 Å². The Kier molecular flexibility index (Phi) is 5.15. The van der Waals surface area contributed by atoms with Crippen LogP contribution in [0.2, 0.25) is 0 Å². The van der Waals surface area contributed by atoms with Crippen molar-refractivity contribution < 1.29 is 4.79 Å². The Bertz CT molecular complexity index is 374. The Morgan fingerprint density at radius 3 is 2.47 bits per heavy atom. The molecule has 0 aliphatic heterocycles. The highest BCUT2D eigenvalue weighted by molar-refractivity contribution is 9.10. The fourth-order valence-electron chi connectivity index (χ4n) is 1.54. The lowest BCUT2D eigenvalue weighted by atomic mass is 9.84. The van der Waals surface area contributed by atoms with Crippen molar-refractivity contribution >= 4 is 21.8 Å². The molecule has 0 fully saturated rings. The van der Waals surface area contributed by atoms with E-state index in [0.29, 0.717) is 19.5 Å². The van der Waals surface area contributed by atoms with Gasteiger partial charge in [-0.2, -0.15) is 0 Å². The van der Waals surface area contributed by atoms with Gasteiger partial charge in [-0.1, -0.05) is 41.9 Å². The highest BCUT2D eigenvalue weighted by Crippen LogP contribution is 2.23. The van der Waals surface area contributed by atoms with Gasteiger partial charge in [-0.25, -0.2) is 0 Å². The predicted molar refractivity (Wildman–Crippen MR) is 73.8 cm³/mol. The molecule has 1 rings (SSSR count). The number of rotatable bonds is 5. The first kappa shape index (κ1) is 14.2. The largest absolute Gasteiger partial charge is 0.355 e. The van der Waals surface area contributed by atoms with E-state index in [-0.39, 0.29) is 11.3 Å². The zero-order valence-corrected chi connectivity index (χ0v) is 11.9. The predicted octanol–water partition coefficient (Wildman–Crippen LogP) is 2.19.